The van der Waals surface area contributed by atoms with Gasteiger partial charge in [-0.05, 0) is 42.3 Å². The Bertz CT molecular complexity index is 1030. The lowest BCUT2D eigenvalue weighted by Gasteiger charge is -2.31. The molecule has 1 unspecified atom stereocenters. The van der Waals surface area contributed by atoms with Gasteiger partial charge in [0, 0.05) is 17.7 Å². The number of quaternary nitrogens is 1. The predicted octanol–water partition coefficient (Wildman–Crippen LogP) is 2.03. The van der Waals surface area contributed by atoms with E-state index < -0.39 is 11.8 Å². The van der Waals surface area contributed by atoms with Gasteiger partial charge in [-0.1, -0.05) is 36.4 Å². The Balaban J connectivity index is 1.42. The van der Waals surface area contributed by atoms with Gasteiger partial charge in [0.1, 0.15) is 6.54 Å². The topological polar surface area (TPSA) is 75.8 Å². The van der Waals surface area contributed by atoms with Gasteiger partial charge in [0.15, 0.2) is 11.8 Å². The van der Waals surface area contributed by atoms with Crippen molar-refractivity contribution in [2.24, 2.45) is 0 Å². The molecule has 0 saturated heterocycles. The maximum Gasteiger partial charge on any atom is 0.313 e. The Hall–Kier alpha value is -3.38. The van der Waals surface area contributed by atoms with Gasteiger partial charge in [-0.15, -0.1) is 0 Å². The molecule has 2 atom stereocenters. The molecular weight excluding hydrogens is 378 g/mol. The van der Waals surface area contributed by atoms with Crippen molar-refractivity contribution in [3.63, 3.8) is 0 Å². The second kappa shape index (κ2) is 8.97. The van der Waals surface area contributed by atoms with Gasteiger partial charge in [-0.2, -0.15) is 0 Å². The highest BCUT2D eigenvalue weighted by Crippen LogP contribution is 2.15. The highest BCUT2D eigenvalue weighted by Gasteiger charge is 2.31. The van der Waals surface area contributed by atoms with Gasteiger partial charge in [0.2, 0.25) is 0 Å². The number of fused-ring (bicyclic) bond motifs is 1. The summed E-state index contributed by atoms with van der Waals surface area (Å²) < 4.78 is 5.67. The zero-order chi connectivity index (χ0) is 20.9. The van der Waals surface area contributed by atoms with Crippen molar-refractivity contribution in [3.8, 4) is 0 Å². The molecule has 6 heteroatoms. The fourth-order valence-electron chi connectivity index (χ4n) is 4.02. The molecule has 6 nitrogen and oxygen atoms in total. The standard InChI is InChI=1S/C24H25N3O3/c1-17-6-4-9-20(14-17)26-24(29)23(28)25-15-21(22-10-5-13-30-22)27-12-11-18-7-2-3-8-19(18)16-27/h2-10,13-14,21H,11-12,15-16H2,1H3,(H,25,28)(H,26,29)/p+1/t21-/m1/s1. The number of nitrogens with one attached hydrogen (secondary N) is 3. The van der Waals surface area contributed by atoms with Crippen LogP contribution in [0.1, 0.15) is 28.5 Å². The first kappa shape index (κ1) is 19.9. The van der Waals surface area contributed by atoms with Crippen molar-refractivity contribution in [2.75, 3.05) is 18.4 Å². The summed E-state index contributed by atoms with van der Waals surface area (Å²) in [6.07, 6.45) is 2.62. The van der Waals surface area contributed by atoms with E-state index in [-0.39, 0.29) is 6.04 Å². The third-order valence-corrected chi connectivity index (χ3v) is 5.58. The number of carbonyl (C=O) groups excluding carboxylic acids is 2. The Kier molecular flexibility index (Phi) is 5.95. The van der Waals surface area contributed by atoms with E-state index in [4.69, 9.17) is 4.42 Å². The van der Waals surface area contributed by atoms with Crippen molar-refractivity contribution in [1.29, 1.82) is 0 Å². The maximum atomic E-state index is 12.4. The van der Waals surface area contributed by atoms with Crippen molar-refractivity contribution < 1.29 is 18.9 Å². The Morgan fingerprint density at radius 3 is 2.63 bits per heavy atom. The first-order valence-corrected chi connectivity index (χ1v) is 10.2. The predicted molar refractivity (Wildman–Crippen MR) is 114 cm³/mol. The lowest BCUT2D eigenvalue weighted by atomic mass is 9.98. The smallest absolute Gasteiger partial charge is 0.313 e. The van der Waals surface area contributed by atoms with E-state index in [1.165, 1.54) is 16.0 Å². The van der Waals surface area contributed by atoms with Gasteiger partial charge in [-0.3, -0.25) is 9.59 Å². The van der Waals surface area contributed by atoms with E-state index >= 15 is 0 Å². The van der Waals surface area contributed by atoms with Crippen LogP contribution >= 0.6 is 0 Å². The van der Waals surface area contributed by atoms with E-state index in [0.717, 1.165) is 30.8 Å². The molecule has 3 aromatic rings. The molecule has 2 heterocycles. The minimum absolute atomic E-state index is 0.0657. The van der Waals surface area contributed by atoms with Gasteiger partial charge >= 0.3 is 11.8 Å². The molecule has 0 bridgehead atoms. The van der Waals surface area contributed by atoms with Crippen LogP contribution in [0.3, 0.4) is 0 Å². The SMILES string of the molecule is Cc1cccc(NC(=O)C(=O)NC[C@H](c2ccco2)[NH+]2CCc3ccccc3C2)c1. The Labute approximate surface area is 175 Å². The lowest BCUT2D eigenvalue weighted by molar-refractivity contribution is -0.946. The molecule has 3 N–H and O–H groups in total. The van der Waals surface area contributed by atoms with Crippen LogP contribution in [-0.4, -0.2) is 24.9 Å². The minimum atomic E-state index is -0.669. The number of amides is 2. The van der Waals surface area contributed by atoms with Gasteiger partial charge in [0.25, 0.3) is 0 Å². The van der Waals surface area contributed by atoms with Crippen LogP contribution in [0.25, 0.3) is 0 Å². The van der Waals surface area contributed by atoms with E-state index in [9.17, 15) is 9.59 Å². The molecule has 0 aliphatic carbocycles. The van der Waals surface area contributed by atoms with Gasteiger partial charge in [0.05, 0.1) is 19.4 Å². The van der Waals surface area contributed by atoms with Crippen LogP contribution in [0.4, 0.5) is 5.69 Å². The average molecular weight is 404 g/mol. The van der Waals surface area contributed by atoms with Crippen molar-refractivity contribution in [1.82, 2.24) is 5.32 Å². The zero-order valence-electron chi connectivity index (χ0n) is 17.0. The summed E-state index contributed by atoms with van der Waals surface area (Å²) in [6, 6.07) is 19.5. The molecule has 2 aromatic carbocycles. The summed E-state index contributed by atoms with van der Waals surface area (Å²) in [5.41, 5.74) is 4.32. The molecule has 0 fully saturated rings. The molecule has 0 spiro atoms. The maximum absolute atomic E-state index is 12.4. The van der Waals surface area contributed by atoms with Crippen molar-refractivity contribution in [3.05, 3.63) is 89.4 Å². The molecule has 0 saturated carbocycles. The van der Waals surface area contributed by atoms with E-state index in [1.807, 2.05) is 37.3 Å². The number of rotatable bonds is 5. The monoisotopic (exact) mass is 404 g/mol. The van der Waals surface area contributed by atoms with Gasteiger partial charge < -0.3 is 20.0 Å². The Morgan fingerprint density at radius 2 is 1.87 bits per heavy atom. The first-order valence-electron chi connectivity index (χ1n) is 10.2. The van der Waals surface area contributed by atoms with Crippen LogP contribution in [-0.2, 0) is 22.6 Å². The molecule has 1 aliphatic heterocycles. The molecular formula is C24H26N3O3+. The largest absolute Gasteiger partial charge is 0.463 e. The van der Waals surface area contributed by atoms with Crippen LogP contribution in [0.5, 0.6) is 0 Å². The van der Waals surface area contributed by atoms with Crippen LogP contribution in [0.2, 0.25) is 0 Å². The summed E-state index contributed by atoms with van der Waals surface area (Å²) >= 11 is 0. The quantitative estimate of drug-likeness (QED) is 0.570. The molecule has 1 aliphatic rings. The van der Waals surface area contributed by atoms with Crippen LogP contribution < -0.4 is 15.5 Å². The highest BCUT2D eigenvalue weighted by atomic mass is 16.3. The van der Waals surface area contributed by atoms with E-state index in [0.29, 0.717) is 12.2 Å². The van der Waals surface area contributed by atoms with E-state index in [2.05, 4.69) is 34.9 Å². The third-order valence-electron chi connectivity index (χ3n) is 5.58. The fraction of sp³-hybridized carbons (Fsp3) is 0.250. The van der Waals surface area contributed by atoms with Crippen LogP contribution in [0, 0.1) is 6.92 Å². The number of benzene rings is 2. The molecule has 154 valence electrons. The number of furan rings is 1. The zero-order valence-corrected chi connectivity index (χ0v) is 17.0. The molecule has 0 radical (unpaired) electrons. The molecule has 1 aromatic heterocycles. The first-order chi connectivity index (χ1) is 14.6. The number of anilines is 1. The number of aryl methyl sites for hydroxylation is 1. The average Bonchev–Trinajstić information content (AvgIpc) is 3.28. The molecule has 2 amide bonds. The summed E-state index contributed by atoms with van der Waals surface area (Å²) in [7, 11) is 0. The summed E-state index contributed by atoms with van der Waals surface area (Å²) in [4.78, 5) is 26.0. The second-order valence-electron chi connectivity index (χ2n) is 7.71. The second-order valence-corrected chi connectivity index (χ2v) is 7.71. The lowest BCUT2D eigenvalue weighted by Crippen LogP contribution is -3.12. The van der Waals surface area contributed by atoms with E-state index in [1.54, 1.807) is 12.3 Å². The number of hydrogen-bond acceptors (Lipinski definition) is 3. The normalized spacial score (nSPS) is 16.4. The Morgan fingerprint density at radius 1 is 1.03 bits per heavy atom. The fourth-order valence-corrected chi connectivity index (χ4v) is 4.02. The summed E-state index contributed by atoms with van der Waals surface area (Å²) in [5, 5.41) is 5.45. The minimum Gasteiger partial charge on any atom is -0.463 e. The number of hydrogen-bond donors (Lipinski definition) is 3. The summed E-state index contributed by atoms with van der Waals surface area (Å²) in [5.74, 6) is -0.508. The van der Waals surface area contributed by atoms with Crippen molar-refractivity contribution in [2.45, 2.75) is 25.9 Å². The third kappa shape index (κ3) is 4.60. The number of carbonyl (C=O) groups is 2. The summed E-state index contributed by atoms with van der Waals surface area (Å²) in [6.45, 7) is 4.05. The molecule has 30 heavy (non-hydrogen) atoms. The molecule has 4 rings (SSSR count). The van der Waals surface area contributed by atoms with Crippen LogP contribution in [0.15, 0.2) is 71.3 Å². The van der Waals surface area contributed by atoms with Gasteiger partial charge in [-0.25, -0.2) is 0 Å². The highest BCUT2D eigenvalue weighted by molar-refractivity contribution is 6.39. The van der Waals surface area contributed by atoms with Crippen molar-refractivity contribution >= 4 is 17.5 Å².